The predicted octanol–water partition coefficient (Wildman–Crippen LogP) is 5.97. The summed E-state index contributed by atoms with van der Waals surface area (Å²) in [5.41, 5.74) is 0. The maximum atomic E-state index is 10.2. The van der Waals surface area contributed by atoms with Gasteiger partial charge in [-0.1, -0.05) is 76.9 Å². The summed E-state index contributed by atoms with van der Waals surface area (Å²) >= 11 is 0. The number of aldehydes is 1. The van der Waals surface area contributed by atoms with E-state index in [0.717, 1.165) is 44.8 Å². The number of allylic oxidation sites excluding steroid dienone is 1. The minimum atomic E-state index is -0.139. The molecule has 22 heavy (non-hydrogen) atoms. The van der Waals surface area contributed by atoms with Crippen molar-refractivity contribution in [3.8, 4) is 0 Å². The third-order valence-corrected chi connectivity index (χ3v) is 4.16. The van der Waals surface area contributed by atoms with Crippen LogP contribution >= 0.6 is 0 Å². The number of aliphatic hydroxyl groups excluding tert-OH is 1. The van der Waals surface area contributed by atoms with Gasteiger partial charge in [-0.05, 0) is 32.1 Å². The zero-order valence-electron chi connectivity index (χ0n) is 14.8. The Morgan fingerprint density at radius 2 is 1.36 bits per heavy atom. The molecule has 1 unspecified atom stereocenters. The third kappa shape index (κ3) is 17.4. The van der Waals surface area contributed by atoms with Crippen LogP contribution in [-0.2, 0) is 4.79 Å². The van der Waals surface area contributed by atoms with Crippen LogP contribution in [0.5, 0.6) is 0 Å². The predicted molar refractivity (Wildman–Crippen MR) is 96.1 cm³/mol. The van der Waals surface area contributed by atoms with Gasteiger partial charge in [0.25, 0.3) is 0 Å². The molecule has 2 nitrogen and oxygen atoms in total. The summed E-state index contributed by atoms with van der Waals surface area (Å²) in [6.45, 7) is 2.22. The molecule has 1 atom stereocenters. The average Bonchev–Trinajstić information content (AvgIpc) is 2.52. The van der Waals surface area contributed by atoms with Crippen molar-refractivity contribution in [3.05, 3.63) is 12.2 Å². The van der Waals surface area contributed by atoms with Crippen molar-refractivity contribution in [2.45, 2.75) is 109 Å². The van der Waals surface area contributed by atoms with E-state index in [9.17, 15) is 9.90 Å². The van der Waals surface area contributed by atoms with E-state index in [1.54, 1.807) is 0 Å². The lowest BCUT2D eigenvalue weighted by Gasteiger charge is -2.07. The SMILES string of the molecule is CCCCCCC(O)C/C=C/CCCCCCCCCC=O. The van der Waals surface area contributed by atoms with Gasteiger partial charge in [-0.15, -0.1) is 0 Å². The summed E-state index contributed by atoms with van der Waals surface area (Å²) in [6, 6.07) is 0. The second kappa shape index (κ2) is 18.4. The molecule has 0 heterocycles. The molecule has 2 heteroatoms. The monoisotopic (exact) mass is 310 g/mol. The van der Waals surface area contributed by atoms with Crippen LogP contribution in [0.15, 0.2) is 12.2 Å². The lowest BCUT2D eigenvalue weighted by molar-refractivity contribution is -0.107. The van der Waals surface area contributed by atoms with E-state index in [2.05, 4.69) is 19.1 Å². The van der Waals surface area contributed by atoms with Crippen molar-refractivity contribution in [1.82, 2.24) is 0 Å². The van der Waals surface area contributed by atoms with Gasteiger partial charge < -0.3 is 9.90 Å². The van der Waals surface area contributed by atoms with Crippen LogP contribution in [0.4, 0.5) is 0 Å². The van der Waals surface area contributed by atoms with Crippen molar-refractivity contribution in [2.24, 2.45) is 0 Å². The second-order valence-corrected chi connectivity index (χ2v) is 6.43. The largest absolute Gasteiger partial charge is 0.393 e. The second-order valence-electron chi connectivity index (χ2n) is 6.43. The quantitative estimate of drug-likeness (QED) is 0.204. The van der Waals surface area contributed by atoms with E-state index in [-0.39, 0.29) is 6.10 Å². The summed E-state index contributed by atoms with van der Waals surface area (Å²) < 4.78 is 0. The fourth-order valence-corrected chi connectivity index (χ4v) is 2.67. The number of hydrogen-bond acceptors (Lipinski definition) is 2. The summed E-state index contributed by atoms with van der Waals surface area (Å²) in [4.78, 5) is 10.2. The van der Waals surface area contributed by atoms with Crippen LogP contribution in [0.3, 0.4) is 0 Å². The fourth-order valence-electron chi connectivity index (χ4n) is 2.67. The highest BCUT2D eigenvalue weighted by molar-refractivity contribution is 5.48. The number of rotatable bonds is 17. The van der Waals surface area contributed by atoms with Crippen LogP contribution < -0.4 is 0 Å². The Hall–Kier alpha value is -0.630. The zero-order chi connectivity index (χ0) is 16.3. The Morgan fingerprint density at radius 3 is 2.00 bits per heavy atom. The lowest BCUT2D eigenvalue weighted by Crippen LogP contribution is -2.04. The smallest absolute Gasteiger partial charge is 0.119 e. The molecule has 0 saturated heterocycles. The molecule has 130 valence electrons. The molecule has 0 saturated carbocycles. The first-order chi connectivity index (χ1) is 10.8. The molecule has 0 aliphatic heterocycles. The van der Waals surface area contributed by atoms with Crippen molar-refractivity contribution in [1.29, 1.82) is 0 Å². The van der Waals surface area contributed by atoms with Gasteiger partial charge in [0.2, 0.25) is 0 Å². The Morgan fingerprint density at radius 1 is 0.773 bits per heavy atom. The average molecular weight is 311 g/mol. The Balaban J connectivity index is 3.21. The van der Waals surface area contributed by atoms with E-state index in [4.69, 9.17) is 0 Å². The molecule has 0 amide bonds. The first kappa shape index (κ1) is 21.4. The highest BCUT2D eigenvalue weighted by Crippen LogP contribution is 2.11. The molecular weight excluding hydrogens is 272 g/mol. The molecule has 0 aliphatic rings. The van der Waals surface area contributed by atoms with Crippen LogP contribution in [0, 0.1) is 0 Å². The number of hydrogen-bond donors (Lipinski definition) is 1. The van der Waals surface area contributed by atoms with Crippen LogP contribution in [0.1, 0.15) is 103 Å². The minimum Gasteiger partial charge on any atom is -0.393 e. The van der Waals surface area contributed by atoms with Gasteiger partial charge in [0.15, 0.2) is 0 Å². The number of unbranched alkanes of at least 4 members (excludes halogenated alkanes) is 11. The van der Waals surface area contributed by atoms with Crippen LogP contribution in [-0.4, -0.2) is 17.5 Å². The van der Waals surface area contributed by atoms with Crippen molar-refractivity contribution >= 4 is 6.29 Å². The molecular formula is C20H38O2. The minimum absolute atomic E-state index is 0.139. The Kier molecular flexibility index (Phi) is 17.9. The van der Waals surface area contributed by atoms with E-state index in [1.165, 1.54) is 57.8 Å². The molecule has 0 aliphatic carbocycles. The van der Waals surface area contributed by atoms with Crippen LogP contribution in [0.25, 0.3) is 0 Å². The molecule has 0 radical (unpaired) electrons. The van der Waals surface area contributed by atoms with E-state index < -0.39 is 0 Å². The summed E-state index contributed by atoms with van der Waals surface area (Å²) in [5.74, 6) is 0. The van der Waals surface area contributed by atoms with Crippen molar-refractivity contribution in [2.75, 3.05) is 0 Å². The van der Waals surface area contributed by atoms with E-state index >= 15 is 0 Å². The summed E-state index contributed by atoms with van der Waals surface area (Å²) in [6.07, 6.45) is 22.6. The zero-order valence-corrected chi connectivity index (χ0v) is 14.8. The highest BCUT2D eigenvalue weighted by atomic mass is 16.3. The molecule has 0 aromatic carbocycles. The molecule has 1 N–H and O–H groups in total. The van der Waals surface area contributed by atoms with E-state index in [1.807, 2.05) is 0 Å². The van der Waals surface area contributed by atoms with Gasteiger partial charge in [0.1, 0.15) is 6.29 Å². The molecule has 0 aromatic rings. The van der Waals surface area contributed by atoms with Gasteiger partial charge in [0, 0.05) is 6.42 Å². The normalized spacial score (nSPS) is 12.8. The highest BCUT2D eigenvalue weighted by Gasteiger charge is 2.00. The molecule has 0 aromatic heterocycles. The van der Waals surface area contributed by atoms with Crippen LogP contribution in [0.2, 0.25) is 0 Å². The van der Waals surface area contributed by atoms with Gasteiger partial charge >= 0.3 is 0 Å². The standard InChI is InChI=1S/C20H38O2/c1-2-3-4-14-17-20(22)18-15-12-10-8-6-5-7-9-11-13-16-19-21/h12,15,19-20,22H,2-11,13-14,16-18H2,1H3/b15-12+. The van der Waals surface area contributed by atoms with Gasteiger partial charge in [-0.2, -0.15) is 0 Å². The molecule has 0 rings (SSSR count). The maximum absolute atomic E-state index is 10.2. The fraction of sp³-hybridized carbons (Fsp3) is 0.850. The van der Waals surface area contributed by atoms with Crippen molar-refractivity contribution in [3.63, 3.8) is 0 Å². The lowest BCUT2D eigenvalue weighted by atomic mass is 10.1. The van der Waals surface area contributed by atoms with Crippen molar-refractivity contribution < 1.29 is 9.90 Å². The van der Waals surface area contributed by atoms with Gasteiger partial charge in [0.05, 0.1) is 6.10 Å². The number of carbonyl (C=O) groups excluding carboxylic acids is 1. The van der Waals surface area contributed by atoms with Gasteiger partial charge in [-0.3, -0.25) is 0 Å². The van der Waals surface area contributed by atoms with E-state index in [0.29, 0.717) is 0 Å². The third-order valence-electron chi connectivity index (χ3n) is 4.16. The Labute approximate surface area is 138 Å². The maximum Gasteiger partial charge on any atom is 0.119 e. The summed E-state index contributed by atoms with van der Waals surface area (Å²) in [7, 11) is 0. The molecule has 0 spiro atoms. The first-order valence-electron chi connectivity index (χ1n) is 9.58. The summed E-state index contributed by atoms with van der Waals surface area (Å²) in [5, 5.41) is 9.84. The first-order valence-corrected chi connectivity index (χ1v) is 9.58. The van der Waals surface area contributed by atoms with Gasteiger partial charge in [-0.25, -0.2) is 0 Å². The number of carbonyl (C=O) groups is 1. The Bertz CT molecular complexity index is 248. The molecule has 0 bridgehead atoms. The topological polar surface area (TPSA) is 37.3 Å². The number of aliphatic hydroxyl groups is 1. The molecule has 0 fully saturated rings.